The first-order chi connectivity index (χ1) is 18.0. The Morgan fingerprint density at radius 2 is 1.58 bits per heavy atom. The molecule has 0 fully saturated rings. The second-order valence-electron chi connectivity index (χ2n) is 7.84. The van der Waals surface area contributed by atoms with Crippen molar-refractivity contribution in [1.82, 2.24) is 5.01 Å². The average Bonchev–Trinajstić information content (AvgIpc) is 3.33. The van der Waals surface area contributed by atoms with Crippen molar-refractivity contribution in [3.63, 3.8) is 0 Å². The number of nitrogens with zero attached hydrogens (tertiary/aromatic N) is 3. The molecule has 11 heteroatoms. The monoisotopic (exact) mass is 612 g/mol. The summed E-state index contributed by atoms with van der Waals surface area (Å²) in [5, 5.41) is 15.3. The number of para-hydroxylation sites is 1. The van der Waals surface area contributed by atoms with E-state index in [-0.39, 0.29) is 30.4 Å². The molecule has 3 aromatic carbocycles. The Kier molecular flexibility index (Phi) is 9.22. The van der Waals surface area contributed by atoms with E-state index in [1.165, 1.54) is 16.8 Å². The standard InChI is InChI=1S/C27H21BrN4O4S.ClH/c28-19-9-11-21(12-10-19)34-13-14-35-22-8-4-5-18(15-22)16-23-25(29)32-27(30-26(23)33)37-24(31-32)17-36-20-6-2-1-3-7-20;/h1-12,15-16,29H,13-14,17H2;1H. The molecule has 0 aromatic heterocycles. The summed E-state index contributed by atoms with van der Waals surface area (Å²) in [6, 6.07) is 24.2. The van der Waals surface area contributed by atoms with Crippen molar-refractivity contribution >= 4 is 68.1 Å². The summed E-state index contributed by atoms with van der Waals surface area (Å²) < 4.78 is 18.2. The zero-order chi connectivity index (χ0) is 25.6. The molecule has 1 amide bonds. The Balaban J connectivity index is 0.00000336. The minimum atomic E-state index is -0.488. The Morgan fingerprint density at radius 3 is 2.34 bits per heavy atom. The smallest absolute Gasteiger partial charge is 0.283 e. The third kappa shape index (κ3) is 6.83. The van der Waals surface area contributed by atoms with E-state index in [0.29, 0.717) is 40.5 Å². The van der Waals surface area contributed by atoms with Crippen molar-refractivity contribution in [2.45, 2.75) is 0 Å². The SMILES string of the molecule is Cl.N=C1C(=Cc2cccc(OCCOc3ccc(Br)cc3)c2)C(=O)N=C2SC(COc3ccccc3)=NN12. The van der Waals surface area contributed by atoms with Gasteiger partial charge in [-0.3, -0.25) is 10.2 Å². The summed E-state index contributed by atoms with van der Waals surface area (Å²) in [6.07, 6.45) is 1.62. The molecule has 2 aliphatic rings. The minimum Gasteiger partial charge on any atom is -0.490 e. The van der Waals surface area contributed by atoms with E-state index >= 15 is 0 Å². The van der Waals surface area contributed by atoms with Crippen molar-refractivity contribution in [3.8, 4) is 17.2 Å². The Hall–Kier alpha value is -3.60. The maximum absolute atomic E-state index is 12.7. The van der Waals surface area contributed by atoms with E-state index in [2.05, 4.69) is 26.0 Å². The number of hydrogen-bond acceptors (Lipinski definition) is 7. The molecule has 0 aliphatic carbocycles. The highest BCUT2D eigenvalue weighted by Crippen LogP contribution is 2.29. The van der Waals surface area contributed by atoms with Gasteiger partial charge in [0.25, 0.3) is 5.91 Å². The van der Waals surface area contributed by atoms with Crippen molar-refractivity contribution in [1.29, 1.82) is 5.41 Å². The number of fused-ring (bicyclic) bond motifs is 1. The van der Waals surface area contributed by atoms with Gasteiger partial charge in [-0.2, -0.15) is 15.1 Å². The molecule has 0 radical (unpaired) electrons. The lowest BCUT2D eigenvalue weighted by Gasteiger charge is -2.20. The van der Waals surface area contributed by atoms with Gasteiger partial charge in [0.05, 0.1) is 5.57 Å². The zero-order valence-corrected chi connectivity index (χ0v) is 23.1. The molecule has 0 saturated heterocycles. The van der Waals surface area contributed by atoms with Crippen LogP contribution in [0.5, 0.6) is 17.2 Å². The van der Waals surface area contributed by atoms with Gasteiger partial charge in [-0.25, -0.2) is 0 Å². The number of carbonyl (C=O) groups excluding carboxylic acids is 1. The first-order valence-corrected chi connectivity index (χ1v) is 12.9. The molecule has 0 atom stereocenters. The van der Waals surface area contributed by atoms with E-state index in [1.807, 2.05) is 72.8 Å². The molecule has 0 spiro atoms. The van der Waals surface area contributed by atoms with Crippen LogP contribution >= 0.6 is 40.1 Å². The van der Waals surface area contributed by atoms with Crippen molar-refractivity contribution < 1.29 is 19.0 Å². The van der Waals surface area contributed by atoms with E-state index in [1.54, 1.807) is 12.1 Å². The third-order valence-electron chi connectivity index (χ3n) is 5.21. The lowest BCUT2D eigenvalue weighted by Crippen LogP contribution is -2.35. The maximum Gasteiger partial charge on any atom is 0.283 e. The summed E-state index contributed by atoms with van der Waals surface area (Å²) in [5.41, 5.74) is 0.857. The lowest BCUT2D eigenvalue weighted by atomic mass is 10.1. The quantitative estimate of drug-likeness (QED) is 0.234. The molecule has 38 heavy (non-hydrogen) atoms. The fourth-order valence-electron chi connectivity index (χ4n) is 3.46. The van der Waals surface area contributed by atoms with Gasteiger partial charge in [0, 0.05) is 4.47 Å². The van der Waals surface area contributed by atoms with Crippen molar-refractivity contribution in [3.05, 3.63) is 94.5 Å². The van der Waals surface area contributed by atoms with Gasteiger partial charge >= 0.3 is 0 Å². The van der Waals surface area contributed by atoms with E-state index in [9.17, 15) is 4.79 Å². The molecule has 5 rings (SSSR count). The van der Waals surface area contributed by atoms with Crippen LogP contribution in [0.25, 0.3) is 6.08 Å². The first kappa shape index (κ1) is 27.4. The number of rotatable bonds is 9. The molecular weight excluding hydrogens is 592 g/mol. The molecule has 0 saturated carbocycles. The van der Waals surface area contributed by atoms with Gasteiger partial charge in [0.1, 0.15) is 42.1 Å². The zero-order valence-electron chi connectivity index (χ0n) is 19.9. The molecule has 1 N–H and O–H groups in total. The molecule has 3 aromatic rings. The molecule has 8 nitrogen and oxygen atoms in total. The van der Waals surface area contributed by atoms with Crippen molar-refractivity contribution in [2.75, 3.05) is 19.8 Å². The van der Waals surface area contributed by atoms with E-state index in [0.717, 1.165) is 10.2 Å². The molecule has 0 unspecified atom stereocenters. The summed E-state index contributed by atoms with van der Waals surface area (Å²) in [7, 11) is 0. The number of nitrogens with one attached hydrogen (secondary N) is 1. The van der Waals surface area contributed by atoms with Crippen LogP contribution in [0, 0.1) is 5.41 Å². The largest absolute Gasteiger partial charge is 0.490 e. The van der Waals surface area contributed by atoms with Gasteiger partial charge in [-0.15, -0.1) is 12.4 Å². The number of hydrogen-bond donors (Lipinski definition) is 1. The third-order valence-corrected chi connectivity index (χ3v) is 6.62. The van der Waals surface area contributed by atoms with Crippen LogP contribution in [0.1, 0.15) is 5.56 Å². The minimum absolute atomic E-state index is 0. The number of hydrazone groups is 1. The second-order valence-corrected chi connectivity index (χ2v) is 9.80. The molecular formula is C27H22BrClN4O4S. The highest BCUT2D eigenvalue weighted by atomic mass is 79.9. The molecule has 2 aliphatic heterocycles. The summed E-state index contributed by atoms with van der Waals surface area (Å²) in [4.78, 5) is 16.9. The lowest BCUT2D eigenvalue weighted by molar-refractivity contribution is -0.114. The van der Waals surface area contributed by atoms with Gasteiger partial charge in [0.2, 0.25) is 5.17 Å². The van der Waals surface area contributed by atoms with Crippen molar-refractivity contribution in [2.24, 2.45) is 10.1 Å². The number of halogens is 2. The first-order valence-electron chi connectivity index (χ1n) is 11.3. The highest BCUT2D eigenvalue weighted by molar-refractivity contribution is 9.10. The van der Waals surface area contributed by atoms with Crippen LogP contribution in [0.2, 0.25) is 0 Å². The predicted molar refractivity (Wildman–Crippen MR) is 156 cm³/mol. The predicted octanol–water partition coefficient (Wildman–Crippen LogP) is 6.03. The molecule has 194 valence electrons. The van der Waals surface area contributed by atoms with Gasteiger partial charge in [-0.1, -0.05) is 46.3 Å². The van der Waals surface area contributed by atoms with Crippen LogP contribution < -0.4 is 14.2 Å². The Labute approximate surface area is 238 Å². The van der Waals surface area contributed by atoms with Gasteiger partial charge in [-0.05, 0) is 71.9 Å². The fourth-order valence-corrected chi connectivity index (χ4v) is 4.53. The normalized spacial score (nSPS) is 15.4. The summed E-state index contributed by atoms with van der Waals surface area (Å²) in [5.74, 6) is 1.58. The van der Waals surface area contributed by atoms with Crippen LogP contribution in [0.4, 0.5) is 0 Å². The molecule has 2 heterocycles. The van der Waals surface area contributed by atoms with Crippen LogP contribution in [0.3, 0.4) is 0 Å². The number of aliphatic imine (C=N–C) groups is 1. The highest BCUT2D eigenvalue weighted by Gasteiger charge is 2.35. The number of thioether (sulfide) groups is 1. The number of amidine groups is 2. The number of amides is 1. The molecule has 0 bridgehead atoms. The van der Waals surface area contributed by atoms with Crippen LogP contribution in [0.15, 0.2) is 99.0 Å². The number of carbonyl (C=O) groups is 1. The van der Waals surface area contributed by atoms with Gasteiger partial charge < -0.3 is 14.2 Å². The maximum atomic E-state index is 12.7. The summed E-state index contributed by atoms with van der Waals surface area (Å²) in [6.45, 7) is 0.955. The topological polar surface area (TPSA) is 96.6 Å². The average molecular weight is 614 g/mol. The number of ether oxygens (including phenoxy) is 3. The Bertz CT molecular complexity index is 1410. The van der Waals surface area contributed by atoms with E-state index in [4.69, 9.17) is 19.6 Å². The van der Waals surface area contributed by atoms with Crippen LogP contribution in [-0.2, 0) is 4.79 Å². The summed E-state index contributed by atoms with van der Waals surface area (Å²) >= 11 is 4.62. The van der Waals surface area contributed by atoms with Gasteiger partial charge in [0.15, 0.2) is 5.84 Å². The Morgan fingerprint density at radius 1 is 0.895 bits per heavy atom. The second kappa shape index (κ2) is 12.8. The fraction of sp³-hybridized carbons (Fsp3) is 0.111. The number of benzene rings is 3. The van der Waals surface area contributed by atoms with E-state index < -0.39 is 5.91 Å². The van der Waals surface area contributed by atoms with Crippen LogP contribution in [-0.4, -0.2) is 46.8 Å².